The summed E-state index contributed by atoms with van der Waals surface area (Å²) < 4.78 is 5.39. The fraction of sp³-hybridized carbons (Fsp3) is 0.188. The molecule has 0 saturated carbocycles. The van der Waals surface area contributed by atoms with Crippen molar-refractivity contribution in [3.63, 3.8) is 0 Å². The van der Waals surface area contributed by atoms with Crippen molar-refractivity contribution in [2.45, 2.75) is 13.8 Å². The zero-order chi connectivity index (χ0) is 15.2. The first-order valence-corrected chi connectivity index (χ1v) is 6.93. The Hall–Kier alpha value is -2.20. The SMILES string of the molecule is Cc1ccc(NC(=O)NCOc2ccc(Cl)cc2)c(C)c1. The summed E-state index contributed by atoms with van der Waals surface area (Å²) in [5, 5.41) is 6.05. The molecule has 0 radical (unpaired) electrons. The van der Waals surface area contributed by atoms with Gasteiger partial charge >= 0.3 is 6.03 Å². The van der Waals surface area contributed by atoms with Crippen LogP contribution in [0.1, 0.15) is 11.1 Å². The third kappa shape index (κ3) is 4.68. The van der Waals surface area contributed by atoms with Gasteiger partial charge < -0.3 is 15.4 Å². The maximum absolute atomic E-state index is 11.8. The molecule has 0 aromatic heterocycles. The van der Waals surface area contributed by atoms with Crippen molar-refractivity contribution in [3.8, 4) is 5.75 Å². The van der Waals surface area contributed by atoms with E-state index in [9.17, 15) is 4.79 Å². The number of rotatable bonds is 4. The average Bonchev–Trinajstić information content (AvgIpc) is 2.44. The Balaban J connectivity index is 1.81. The molecule has 2 aromatic rings. The zero-order valence-corrected chi connectivity index (χ0v) is 12.7. The van der Waals surface area contributed by atoms with Gasteiger partial charge in [0.25, 0.3) is 0 Å². The highest BCUT2D eigenvalue weighted by molar-refractivity contribution is 6.30. The predicted molar refractivity (Wildman–Crippen MR) is 85.0 cm³/mol. The molecule has 0 fully saturated rings. The number of carbonyl (C=O) groups is 1. The molecule has 0 heterocycles. The average molecular weight is 305 g/mol. The van der Waals surface area contributed by atoms with Gasteiger partial charge in [-0.25, -0.2) is 4.79 Å². The van der Waals surface area contributed by atoms with Gasteiger partial charge in [-0.05, 0) is 49.7 Å². The predicted octanol–water partition coefficient (Wildman–Crippen LogP) is 4.11. The molecule has 0 bridgehead atoms. The number of urea groups is 1. The first kappa shape index (κ1) is 15.2. The van der Waals surface area contributed by atoms with E-state index in [2.05, 4.69) is 10.6 Å². The van der Waals surface area contributed by atoms with Gasteiger partial charge in [-0.2, -0.15) is 0 Å². The molecule has 0 aliphatic carbocycles. The molecule has 0 spiro atoms. The highest BCUT2D eigenvalue weighted by Crippen LogP contribution is 2.16. The second-order valence-corrected chi connectivity index (χ2v) is 5.13. The molecule has 2 amide bonds. The Morgan fingerprint density at radius 2 is 1.86 bits per heavy atom. The fourth-order valence-electron chi connectivity index (χ4n) is 1.84. The Morgan fingerprint density at radius 1 is 1.14 bits per heavy atom. The van der Waals surface area contributed by atoms with Crippen LogP contribution in [0, 0.1) is 13.8 Å². The van der Waals surface area contributed by atoms with Gasteiger partial charge in [0.15, 0.2) is 6.73 Å². The highest BCUT2D eigenvalue weighted by Gasteiger charge is 2.04. The van der Waals surface area contributed by atoms with Crippen molar-refractivity contribution in [1.82, 2.24) is 5.32 Å². The van der Waals surface area contributed by atoms with E-state index < -0.39 is 0 Å². The summed E-state index contributed by atoms with van der Waals surface area (Å²) >= 11 is 5.78. The third-order valence-corrected chi connectivity index (χ3v) is 3.17. The molecule has 21 heavy (non-hydrogen) atoms. The van der Waals surface area contributed by atoms with Gasteiger partial charge in [-0.15, -0.1) is 0 Å². The van der Waals surface area contributed by atoms with Crippen LogP contribution in [0.5, 0.6) is 5.75 Å². The van der Waals surface area contributed by atoms with Crippen molar-refractivity contribution in [1.29, 1.82) is 0 Å². The molecule has 2 rings (SSSR count). The summed E-state index contributed by atoms with van der Waals surface area (Å²) in [6.45, 7) is 4.04. The van der Waals surface area contributed by atoms with Crippen LogP contribution in [-0.4, -0.2) is 12.8 Å². The second-order valence-electron chi connectivity index (χ2n) is 4.69. The van der Waals surface area contributed by atoms with Gasteiger partial charge in [-0.1, -0.05) is 29.3 Å². The summed E-state index contributed by atoms with van der Waals surface area (Å²) in [6.07, 6.45) is 0. The van der Waals surface area contributed by atoms with Crippen molar-refractivity contribution in [3.05, 3.63) is 58.6 Å². The van der Waals surface area contributed by atoms with Crippen LogP contribution in [0.4, 0.5) is 10.5 Å². The number of hydrogen-bond donors (Lipinski definition) is 2. The minimum atomic E-state index is -0.309. The lowest BCUT2D eigenvalue weighted by atomic mass is 10.1. The van der Waals surface area contributed by atoms with Crippen LogP contribution >= 0.6 is 11.6 Å². The molecule has 2 N–H and O–H groups in total. The molecule has 0 aliphatic heterocycles. The van der Waals surface area contributed by atoms with E-state index in [4.69, 9.17) is 16.3 Å². The molecular weight excluding hydrogens is 288 g/mol. The number of anilines is 1. The molecule has 2 aromatic carbocycles. The number of halogens is 1. The summed E-state index contributed by atoms with van der Waals surface area (Å²) in [4.78, 5) is 11.8. The summed E-state index contributed by atoms with van der Waals surface area (Å²) in [5.41, 5.74) is 2.96. The van der Waals surface area contributed by atoms with E-state index in [0.29, 0.717) is 10.8 Å². The first-order valence-electron chi connectivity index (χ1n) is 6.55. The molecule has 0 unspecified atom stereocenters. The Morgan fingerprint density at radius 3 is 2.52 bits per heavy atom. The molecule has 0 atom stereocenters. The zero-order valence-electron chi connectivity index (χ0n) is 11.9. The topological polar surface area (TPSA) is 50.4 Å². The molecule has 5 heteroatoms. The molecule has 4 nitrogen and oxygen atoms in total. The van der Waals surface area contributed by atoms with E-state index >= 15 is 0 Å². The number of ether oxygens (including phenoxy) is 1. The van der Waals surface area contributed by atoms with Crippen molar-refractivity contribution >= 4 is 23.3 Å². The van der Waals surface area contributed by atoms with Crippen molar-refractivity contribution in [2.24, 2.45) is 0 Å². The third-order valence-electron chi connectivity index (χ3n) is 2.92. The standard InChI is InChI=1S/C16H17ClN2O2/c1-11-3-8-15(12(2)9-11)19-16(20)18-10-21-14-6-4-13(17)5-7-14/h3-9H,10H2,1-2H3,(H2,18,19,20). The lowest BCUT2D eigenvalue weighted by molar-refractivity contribution is 0.234. The maximum Gasteiger partial charge on any atom is 0.321 e. The van der Waals surface area contributed by atoms with E-state index in [1.54, 1.807) is 24.3 Å². The van der Waals surface area contributed by atoms with E-state index in [1.807, 2.05) is 32.0 Å². The lowest BCUT2D eigenvalue weighted by Crippen LogP contribution is -2.32. The number of carbonyl (C=O) groups excluding carboxylic acids is 1. The fourth-order valence-corrected chi connectivity index (χ4v) is 1.96. The lowest BCUT2D eigenvalue weighted by Gasteiger charge is -2.11. The second kappa shape index (κ2) is 6.99. The number of nitrogens with one attached hydrogen (secondary N) is 2. The van der Waals surface area contributed by atoms with E-state index in [-0.39, 0.29) is 12.8 Å². The summed E-state index contributed by atoms with van der Waals surface area (Å²) in [5.74, 6) is 0.645. The van der Waals surface area contributed by atoms with Crippen LogP contribution in [0.15, 0.2) is 42.5 Å². The van der Waals surface area contributed by atoms with Crippen LogP contribution in [-0.2, 0) is 0 Å². The van der Waals surface area contributed by atoms with Gasteiger partial charge in [0.2, 0.25) is 0 Å². The van der Waals surface area contributed by atoms with Crippen molar-refractivity contribution in [2.75, 3.05) is 12.0 Å². The smallest absolute Gasteiger partial charge is 0.321 e. The molecular formula is C16H17ClN2O2. The number of benzene rings is 2. The van der Waals surface area contributed by atoms with Gasteiger partial charge in [0.05, 0.1) is 0 Å². The summed E-state index contributed by atoms with van der Waals surface area (Å²) in [7, 11) is 0. The largest absolute Gasteiger partial charge is 0.473 e. The van der Waals surface area contributed by atoms with Crippen LogP contribution in [0.3, 0.4) is 0 Å². The number of amides is 2. The van der Waals surface area contributed by atoms with Gasteiger partial charge in [0.1, 0.15) is 5.75 Å². The Bertz CT molecular complexity index is 627. The summed E-state index contributed by atoms with van der Waals surface area (Å²) in [6, 6.07) is 12.5. The van der Waals surface area contributed by atoms with Gasteiger partial charge in [-0.3, -0.25) is 0 Å². The molecule has 110 valence electrons. The van der Waals surface area contributed by atoms with Gasteiger partial charge in [0, 0.05) is 10.7 Å². The van der Waals surface area contributed by atoms with E-state index in [0.717, 1.165) is 16.8 Å². The quantitative estimate of drug-likeness (QED) is 0.835. The minimum Gasteiger partial charge on any atom is -0.473 e. The highest BCUT2D eigenvalue weighted by atomic mass is 35.5. The Labute approximate surface area is 129 Å². The number of aryl methyl sites for hydroxylation is 2. The monoisotopic (exact) mass is 304 g/mol. The number of hydrogen-bond acceptors (Lipinski definition) is 2. The first-order chi connectivity index (χ1) is 10.0. The van der Waals surface area contributed by atoms with Crippen LogP contribution in [0.25, 0.3) is 0 Å². The minimum absolute atomic E-state index is 0.0817. The normalized spacial score (nSPS) is 10.0. The molecule has 0 saturated heterocycles. The Kier molecular flexibility index (Phi) is 5.06. The molecule has 0 aliphatic rings. The van der Waals surface area contributed by atoms with Crippen LogP contribution < -0.4 is 15.4 Å². The van der Waals surface area contributed by atoms with Crippen LogP contribution in [0.2, 0.25) is 5.02 Å². The van der Waals surface area contributed by atoms with Crippen molar-refractivity contribution < 1.29 is 9.53 Å². The van der Waals surface area contributed by atoms with E-state index in [1.165, 1.54) is 0 Å². The maximum atomic E-state index is 11.8.